The van der Waals surface area contributed by atoms with Crippen LogP contribution < -0.4 is 10.0 Å². The van der Waals surface area contributed by atoms with Gasteiger partial charge >= 0.3 is 0 Å². The molecule has 2 aliphatic rings. The zero-order valence-corrected chi connectivity index (χ0v) is 16.2. The molecule has 0 radical (unpaired) electrons. The highest BCUT2D eigenvalue weighted by Gasteiger charge is 2.31. The first-order valence-corrected chi connectivity index (χ1v) is 10.7. The Morgan fingerprint density at radius 2 is 1.85 bits per heavy atom. The fraction of sp³-hybridized carbons (Fsp3) is 0.647. The van der Waals surface area contributed by atoms with Crippen LogP contribution in [0.4, 0.5) is 11.4 Å². The van der Waals surface area contributed by atoms with Gasteiger partial charge in [-0.05, 0) is 37.8 Å². The Hall–Kier alpha value is -1.75. The zero-order chi connectivity index (χ0) is 19.6. The average Bonchev–Trinajstić information content (AvgIpc) is 2.67. The minimum absolute atomic E-state index is 0.182. The van der Waals surface area contributed by atoms with Gasteiger partial charge in [0, 0.05) is 38.3 Å². The summed E-state index contributed by atoms with van der Waals surface area (Å²) in [5.41, 5.74) is 0.182. The van der Waals surface area contributed by atoms with Crippen LogP contribution in [0.5, 0.6) is 0 Å². The predicted molar refractivity (Wildman–Crippen MR) is 101 cm³/mol. The molecule has 1 aromatic carbocycles. The molecular weight excluding hydrogens is 372 g/mol. The molecule has 1 aliphatic heterocycles. The van der Waals surface area contributed by atoms with Crippen LogP contribution in [-0.4, -0.2) is 63.7 Å². The summed E-state index contributed by atoms with van der Waals surface area (Å²) in [6.07, 6.45) is 3.95. The predicted octanol–water partition coefficient (Wildman–Crippen LogP) is 1.32. The lowest BCUT2D eigenvalue weighted by Gasteiger charge is -2.41. The molecule has 3 rings (SSSR count). The molecule has 0 atom stereocenters. The number of benzene rings is 1. The Labute approximate surface area is 159 Å². The maximum absolute atomic E-state index is 11.5. The number of rotatable bonds is 5. The minimum Gasteiger partial charge on any atom is -0.379 e. The van der Waals surface area contributed by atoms with Crippen LogP contribution in [0.15, 0.2) is 23.1 Å². The second kappa shape index (κ2) is 8.09. The van der Waals surface area contributed by atoms with E-state index in [9.17, 15) is 18.5 Å². The maximum Gasteiger partial charge on any atom is 0.293 e. The van der Waals surface area contributed by atoms with E-state index >= 15 is 0 Å². The van der Waals surface area contributed by atoms with Crippen molar-refractivity contribution in [3.63, 3.8) is 0 Å². The molecule has 1 heterocycles. The number of primary sulfonamides is 1. The van der Waals surface area contributed by atoms with Gasteiger partial charge in [0.25, 0.3) is 5.69 Å². The molecule has 1 aliphatic carbocycles. The van der Waals surface area contributed by atoms with Crippen LogP contribution in [0.25, 0.3) is 0 Å². The lowest BCUT2D eigenvalue weighted by molar-refractivity contribution is -0.384. The van der Waals surface area contributed by atoms with Crippen molar-refractivity contribution in [3.8, 4) is 0 Å². The number of ether oxygens (including phenoxy) is 1. The molecule has 1 saturated carbocycles. The van der Waals surface area contributed by atoms with E-state index in [1.165, 1.54) is 12.1 Å². The van der Waals surface area contributed by atoms with Crippen molar-refractivity contribution in [1.82, 2.24) is 4.90 Å². The van der Waals surface area contributed by atoms with E-state index in [-0.39, 0.29) is 16.6 Å². The topological polar surface area (TPSA) is 119 Å². The van der Waals surface area contributed by atoms with E-state index in [1.54, 1.807) is 0 Å². The van der Waals surface area contributed by atoms with Crippen LogP contribution >= 0.6 is 0 Å². The van der Waals surface area contributed by atoms with Gasteiger partial charge in [0.15, 0.2) is 0 Å². The first kappa shape index (κ1) is 20.0. The van der Waals surface area contributed by atoms with Gasteiger partial charge < -0.3 is 9.64 Å². The van der Waals surface area contributed by atoms with Crippen molar-refractivity contribution in [3.05, 3.63) is 28.3 Å². The Bertz CT molecular complexity index is 787. The Balaban J connectivity index is 1.72. The van der Waals surface area contributed by atoms with Crippen molar-refractivity contribution in [1.29, 1.82) is 0 Å². The van der Waals surface area contributed by atoms with E-state index in [4.69, 9.17) is 9.88 Å². The molecule has 9 nitrogen and oxygen atoms in total. The summed E-state index contributed by atoms with van der Waals surface area (Å²) >= 11 is 0. The number of nitrogens with two attached hydrogens (primary N) is 1. The summed E-state index contributed by atoms with van der Waals surface area (Å²) in [4.78, 5) is 15.0. The summed E-state index contributed by atoms with van der Waals surface area (Å²) in [5, 5.41) is 16.6. The van der Waals surface area contributed by atoms with Crippen molar-refractivity contribution in [2.45, 2.75) is 42.7 Å². The lowest BCUT2D eigenvalue weighted by atomic mass is 9.89. The molecule has 0 spiro atoms. The Morgan fingerprint density at radius 3 is 2.41 bits per heavy atom. The molecule has 2 N–H and O–H groups in total. The SMILES string of the molecule is CN(c1ccc(S(N)(=O)=O)cc1[N+](=O)[O-])C1CCC(N2CCOCC2)CC1. The number of morpholine rings is 1. The summed E-state index contributed by atoms with van der Waals surface area (Å²) in [7, 11) is -2.15. The highest BCUT2D eigenvalue weighted by Crippen LogP contribution is 2.35. The van der Waals surface area contributed by atoms with E-state index in [0.29, 0.717) is 11.7 Å². The summed E-state index contributed by atoms with van der Waals surface area (Å²) in [6.45, 7) is 3.49. The maximum atomic E-state index is 11.5. The van der Waals surface area contributed by atoms with Crippen LogP contribution in [0.2, 0.25) is 0 Å². The third kappa shape index (κ3) is 4.57. The van der Waals surface area contributed by atoms with E-state index in [1.807, 2.05) is 11.9 Å². The smallest absolute Gasteiger partial charge is 0.293 e. The van der Waals surface area contributed by atoms with Crippen LogP contribution in [0, 0.1) is 10.1 Å². The van der Waals surface area contributed by atoms with Crippen molar-refractivity contribution in [2.75, 3.05) is 38.3 Å². The van der Waals surface area contributed by atoms with Crippen LogP contribution in [0.3, 0.4) is 0 Å². The minimum atomic E-state index is -3.98. The molecule has 27 heavy (non-hydrogen) atoms. The fourth-order valence-corrected chi connectivity index (χ4v) is 4.61. The van der Waals surface area contributed by atoms with E-state index in [2.05, 4.69) is 4.90 Å². The lowest BCUT2D eigenvalue weighted by Crippen LogP contribution is -2.47. The molecule has 1 saturated heterocycles. The molecule has 0 amide bonds. The van der Waals surface area contributed by atoms with Gasteiger partial charge in [-0.2, -0.15) is 0 Å². The third-order valence-corrected chi connectivity index (χ3v) is 6.54. The van der Waals surface area contributed by atoms with Crippen molar-refractivity contribution < 1.29 is 18.1 Å². The number of nitrogens with zero attached hydrogens (tertiary/aromatic N) is 3. The number of anilines is 1. The quantitative estimate of drug-likeness (QED) is 0.587. The second-order valence-corrected chi connectivity index (χ2v) is 8.74. The van der Waals surface area contributed by atoms with Gasteiger partial charge in [0.05, 0.1) is 23.0 Å². The Kier molecular flexibility index (Phi) is 5.99. The van der Waals surface area contributed by atoms with Crippen molar-refractivity contribution in [2.24, 2.45) is 5.14 Å². The highest BCUT2D eigenvalue weighted by molar-refractivity contribution is 7.89. The number of hydrogen-bond donors (Lipinski definition) is 1. The molecule has 2 fully saturated rings. The first-order chi connectivity index (χ1) is 12.8. The fourth-order valence-electron chi connectivity index (χ4n) is 4.07. The van der Waals surface area contributed by atoms with Crippen LogP contribution in [-0.2, 0) is 14.8 Å². The molecule has 0 bridgehead atoms. The molecule has 150 valence electrons. The molecule has 0 unspecified atom stereocenters. The van der Waals surface area contributed by atoms with Gasteiger partial charge in [-0.15, -0.1) is 0 Å². The van der Waals surface area contributed by atoms with E-state index in [0.717, 1.165) is 58.1 Å². The molecule has 0 aromatic heterocycles. The molecule has 10 heteroatoms. The molecule has 1 aromatic rings. The van der Waals surface area contributed by atoms with Gasteiger partial charge in [-0.3, -0.25) is 15.0 Å². The average molecular weight is 398 g/mol. The largest absolute Gasteiger partial charge is 0.379 e. The number of sulfonamides is 1. The normalized spacial score (nSPS) is 24.5. The third-order valence-electron chi connectivity index (χ3n) is 5.63. The summed E-state index contributed by atoms with van der Waals surface area (Å²) in [6, 6.07) is 4.57. The number of nitro benzene ring substituents is 1. The number of hydrogen-bond acceptors (Lipinski definition) is 7. The highest BCUT2D eigenvalue weighted by atomic mass is 32.2. The van der Waals surface area contributed by atoms with Crippen molar-refractivity contribution >= 4 is 21.4 Å². The molecular formula is C17H26N4O5S. The standard InChI is InChI=1S/C17H26N4O5S/c1-19(13-2-4-14(5-3-13)20-8-10-26-11-9-20)16-7-6-15(27(18,24)25)12-17(16)21(22)23/h6-7,12-14H,2-5,8-11H2,1H3,(H2,18,24,25). The van der Waals surface area contributed by atoms with Gasteiger partial charge in [0.1, 0.15) is 5.69 Å². The first-order valence-electron chi connectivity index (χ1n) is 9.13. The van der Waals surface area contributed by atoms with Gasteiger partial charge in [-0.1, -0.05) is 0 Å². The zero-order valence-electron chi connectivity index (χ0n) is 15.4. The Morgan fingerprint density at radius 1 is 1.22 bits per heavy atom. The second-order valence-electron chi connectivity index (χ2n) is 7.17. The monoisotopic (exact) mass is 398 g/mol. The van der Waals surface area contributed by atoms with Gasteiger partial charge in [0.2, 0.25) is 10.0 Å². The van der Waals surface area contributed by atoms with Crippen LogP contribution in [0.1, 0.15) is 25.7 Å². The summed E-state index contributed by atoms with van der Waals surface area (Å²) in [5.74, 6) is 0. The summed E-state index contributed by atoms with van der Waals surface area (Å²) < 4.78 is 28.4. The van der Waals surface area contributed by atoms with E-state index < -0.39 is 14.9 Å². The van der Waals surface area contributed by atoms with Gasteiger partial charge in [-0.25, -0.2) is 13.6 Å². The number of nitro groups is 1.